The third-order valence-corrected chi connectivity index (χ3v) is 2.20. The SMILES string of the molecule is NCCC#Cc1ccc2ncc(Cl)nc2c1. The molecule has 0 unspecified atom stereocenters. The Morgan fingerprint density at radius 1 is 1.31 bits per heavy atom. The lowest BCUT2D eigenvalue weighted by molar-refractivity contribution is 1.03. The number of fused-ring (bicyclic) bond motifs is 1. The summed E-state index contributed by atoms with van der Waals surface area (Å²) in [6.07, 6.45) is 2.23. The quantitative estimate of drug-likeness (QED) is 0.764. The second-order valence-electron chi connectivity index (χ2n) is 3.24. The fourth-order valence-corrected chi connectivity index (χ4v) is 1.44. The highest BCUT2D eigenvalue weighted by Crippen LogP contribution is 2.13. The minimum absolute atomic E-state index is 0.388. The molecule has 2 N–H and O–H groups in total. The topological polar surface area (TPSA) is 51.8 Å². The van der Waals surface area contributed by atoms with E-state index in [9.17, 15) is 0 Å². The van der Waals surface area contributed by atoms with Crippen LogP contribution in [-0.2, 0) is 0 Å². The molecular formula is C12H10ClN3. The third-order valence-electron chi connectivity index (χ3n) is 2.01. The van der Waals surface area contributed by atoms with Crippen molar-refractivity contribution in [3.63, 3.8) is 0 Å². The molecule has 80 valence electrons. The van der Waals surface area contributed by atoms with Crippen molar-refractivity contribution in [2.24, 2.45) is 5.73 Å². The highest BCUT2D eigenvalue weighted by molar-refractivity contribution is 6.29. The number of nitrogens with two attached hydrogens (primary N) is 1. The maximum atomic E-state index is 5.77. The average molecular weight is 232 g/mol. The molecule has 0 saturated carbocycles. The number of benzene rings is 1. The van der Waals surface area contributed by atoms with Crippen LogP contribution >= 0.6 is 11.6 Å². The fraction of sp³-hybridized carbons (Fsp3) is 0.167. The van der Waals surface area contributed by atoms with Crippen LogP contribution in [0.15, 0.2) is 24.4 Å². The molecule has 0 aliphatic carbocycles. The smallest absolute Gasteiger partial charge is 0.148 e. The first-order valence-electron chi connectivity index (χ1n) is 4.91. The van der Waals surface area contributed by atoms with Gasteiger partial charge >= 0.3 is 0 Å². The van der Waals surface area contributed by atoms with Gasteiger partial charge in [-0.2, -0.15) is 0 Å². The Kier molecular flexibility index (Phi) is 3.35. The predicted octanol–water partition coefficient (Wildman–Crippen LogP) is 1.98. The van der Waals surface area contributed by atoms with E-state index in [1.54, 1.807) is 0 Å². The standard InChI is InChI=1S/C12H10ClN3/c13-12-8-15-10-5-4-9(3-1-2-6-14)7-11(10)16-12/h4-5,7-8H,2,6,14H2. The second kappa shape index (κ2) is 4.93. The first-order valence-corrected chi connectivity index (χ1v) is 5.28. The normalized spacial score (nSPS) is 9.88. The van der Waals surface area contributed by atoms with E-state index in [0.717, 1.165) is 16.6 Å². The summed E-state index contributed by atoms with van der Waals surface area (Å²) in [6, 6.07) is 5.66. The lowest BCUT2D eigenvalue weighted by Crippen LogP contribution is -1.95. The van der Waals surface area contributed by atoms with Crippen LogP contribution in [0.3, 0.4) is 0 Å². The molecule has 0 radical (unpaired) electrons. The molecule has 0 aliphatic heterocycles. The van der Waals surface area contributed by atoms with Crippen molar-refractivity contribution in [2.75, 3.05) is 6.54 Å². The zero-order valence-electron chi connectivity index (χ0n) is 8.57. The van der Waals surface area contributed by atoms with Crippen LogP contribution in [0, 0.1) is 11.8 Å². The molecule has 1 heterocycles. The summed E-state index contributed by atoms with van der Waals surface area (Å²) in [5.74, 6) is 5.99. The number of rotatable bonds is 1. The van der Waals surface area contributed by atoms with Gasteiger partial charge in [-0.15, -0.1) is 0 Å². The van der Waals surface area contributed by atoms with E-state index in [1.807, 2.05) is 18.2 Å². The maximum absolute atomic E-state index is 5.77. The highest BCUT2D eigenvalue weighted by atomic mass is 35.5. The summed E-state index contributed by atoms with van der Waals surface area (Å²) in [7, 11) is 0. The summed E-state index contributed by atoms with van der Waals surface area (Å²) in [5, 5.41) is 0.388. The Labute approximate surface area is 98.7 Å². The Morgan fingerprint density at radius 2 is 2.19 bits per heavy atom. The molecule has 1 aromatic heterocycles. The van der Waals surface area contributed by atoms with Gasteiger partial charge in [0.2, 0.25) is 0 Å². The van der Waals surface area contributed by atoms with Crippen molar-refractivity contribution in [3.8, 4) is 11.8 Å². The summed E-state index contributed by atoms with van der Waals surface area (Å²) in [5.41, 5.74) is 7.83. The van der Waals surface area contributed by atoms with Gasteiger partial charge in [-0.05, 0) is 18.2 Å². The zero-order chi connectivity index (χ0) is 11.4. The van der Waals surface area contributed by atoms with Crippen LogP contribution in [0.25, 0.3) is 11.0 Å². The molecule has 4 heteroatoms. The molecule has 0 bridgehead atoms. The third kappa shape index (κ3) is 2.48. The lowest BCUT2D eigenvalue weighted by atomic mass is 10.2. The molecular weight excluding hydrogens is 222 g/mol. The van der Waals surface area contributed by atoms with Gasteiger partial charge in [-0.25, -0.2) is 4.98 Å². The van der Waals surface area contributed by atoms with Crippen LogP contribution < -0.4 is 5.73 Å². The van der Waals surface area contributed by atoms with Crippen LogP contribution in [0.1, 0.15) is 12.0 Å². The first kappa shape index (κ1) is 10.9. The Hall–Kier alpha value is -1.63. The van der Waals surface area contributed by atoms with Crippen LogP contribution in [0.2, 0.25) is 5.15 Å². The fourth-order valence-electron chi connectivity index (χ4n) is 1.30. The summed E-state index contributed by atoms with van der Waals surface area (Å²) in [6.45, 7) is 0.576. The number of hydrogen-bond acceptors (Lipinski definition) is 3. The molecule has 0 fully saturated rings. The van der Waals surface area contributed by atoms with Gasteiger partial charge in [0.15, 0.2) is 0 Å². The van der Waals surface area contributed by atoms with Crippen molar-refractivity contribution >= 4 is 22.6 Å². The molecule has 2 aromatic rings. The van der Waals surface area contributed by atoms with E-state index in [-0.39, 0.29) is 0 Å². The maximum Gasteiger partial charge on any atom is 0.148 e. The van der Waals surface area contributed by atoms with Crippen LogP contribution in [-0.4, -0.2) is 16.5 Å². The Morgan fingerprint density at radius 3 is 3.00 bits per heavy atom. The number of hydrogen-bond donors (Lipinski definition) is 1. The average Bonchev–Trinajstić information content (AvgIpc) is 2.29. The van der Waals surface area contributed by atoms with E-state index >= 15 is 0 Å². The largest absolute Gasteiger partial charge is 0.330 e. The minimum atomic E-state index is 0.388. The Bertz CT molecular complexity index is 569. The van der Waals surface area contributed by atoms with Gasteiger partial charge in [-0.3, -0.25) is 4.98 Å². The van der Waals surface area contributed by atoms with Crippen molar-refractivity contribution in [2.45, 2.75) is 6.42 Å². The second-order valence-corrected chi connectivity index (χ2v) is 3.62. The van der Waals surface area contributed by atoms with E-state index in [2.05, 4.69) is 21.8 Å². The van der Waals surface area contributed by atoms with Gasteiger partial charge in [0.1, 0.15) is 5.15 Å². The van der Waals surface area contributed by atoms with Gasteiger partial charge in [0.25, 0.3) is 0 Å². The summed E-state index contributed by atoms with van der Waals surface area (Å²) < 4.78 is 0. The van der Waals surface area contributed by atoms with Gasteiger partial charge < -0.3 is 5.73 Å². The predicted molar refractivity (Wildman–Crippen MR) is 65.1 cm³/mol. The zero-order valence-corrected chi connectivity index (χ0v) is 9.33. The molecule has 0 aliphatic rings. The van der Waals surface area contributed by atoms with Crippen LogP contribution in [0.5, 0.6) is 0 Å². The van der Waals surface area contributed by atoms with Gasteiger partial charge in [0.05, 0.1) is 17.2 Å². The summed E-state index contributed by atoms with van der Waals surface area (Å²) >= 11 is 5.77. The van der Waals surface area contributed by atoms with E-state index in [1.165, 1.54) is 6.20 Å². The van der Waals surface area contributed by atoms with Gasteiger partial charge in [-0.1, -0.05) is 23.4 Å². The molecule has 3 nitrogen and oxygen atoms in total. The minimum Gasteiger partial charge on any atom is -0.330 e. The van der Waals surface area contributed by atoms with Crippen LogP contribution in [0.4, 0.5) is 0 Å². The van der Waals surface area contributed by atoms with E-state index in [4.69, 9.17) is 17.3 Å². The molecule has 0 amide bonds. The molecule has 2 rings (SSSR count). The molecule has 16 heavy (non-hydrogen) atoms. The highest BCUT2D eigenvalue weighted by Gasteiger charge is 1.98. The summed E-state index contributed by atoms with van der Waals surface area (Å²) in [4.78, 5) is 8.33. The molecule has 0 saturated heterocycles. The van der Waals surface area contributed by atoms with E-state index < -0.39 is 0 Å². The molecule has 0 spiro atoms. The molecule has 0 atom stereocenters. The van der Waals surface area contributed by atoms with Crippen molar-refractivity contribution in [3.05, 3.63) is 35.1 Å². The monoisotopic (exact) mass is 231 g/mol. The van der Waals surface area contributed by atoms with Crippen molar-refractivity contribution in [1.82, 2.24) is 9.97 Å². The molecule has 1 aromatic carbocycles. The number of aromatic nitrogens is 2. The first-order chi connectivity index (χ1) is 7.79. The Balaban J connectivity index is 2.40. The van der Waals surface area contributed by atoms with Crippen molar-refractivity contribution in [1.29, 1.82) is 0 Å². The van der Waals surface area contributed by atoms with Gasteiger partial charge in [0, 0.05) is 18.5 Å². The van der Waals surface area contributed by atoms with Crippen molar-refractivity contribution < 1.29 is 0 Å². The lowest BCUT2D eigenvalue weighted by Gasteiger charge is -1.97. The number of halogens is 1. The number of nitrogens with zero attached hydrogens (tertiary/aromatic N) is 2. The van der Waals surface area contributed by atoms with E-state index in [0.29, 0.717) is 18.1 Å².